The van der Waals surface area contributed by atoms with E-state index in [1.807, 2.05) is 0 Å². The van der Waals surface area contributed by atoms with Gasteiger partial charge in [-0.15, -0.1) is 0 Å². The van der Waals surface area contributed by atoms with Crippen LogP contribution in [0.15, 0.2) is 66.9 Å². The van der Waals surface area contributed by atoms with Gasteiger partial charge in [-0.2, -0.15) is 13.2 Å². The van der Waals surface area contributed by atoms with Crippen LogP contribution < -0.4 is 21.1 Å². The lowest BCUT2D eigenvalue weighted by atomic mass is 9.99. The zero-order valence-corrected chi connectivity index (χ0v) is 18.5. The fraction of sp³-hybridized carbons (Fsp3) is 0.333. The van der Waals surface area contributed by atoms with Gasteiger partial charge in [-0.05, 0) is 48.2 Å². The molecular formula is C24H28F4N4O. The molecule has 3 atom stereocenters. The molecule has 2 unspecified atom stereocenters. The Morgan fingerprint density at radius 2 is 1.88 bits per heavy atom. The van der Waals surface area contributed by atoms with Crippen molar-refractivity contribution in [3.05, 3.63) is 83.8 Å². The predicted octanol–water partition coefficient (Wildman–Crippen LogP) is 4.45. The van der Waals surface area contributed by atoms with Gasteiger partial charge in [0.1, 0.15) is 5.82 Å². The molecule has 2 aromatic rings. The average molecular weight is 465 g/mol. The molecule has 33 heavy (non-hydrogen) atoms. The number of allylic oxidation sites excluding steroid dienone is 1. The summed E-state index contributed by atoms with van der Waals surface area (Å²) in [5.41, 5.74) is 4.55. The second-order valence-corrected chi connectivity index (χ2v) is 8.09. The van der Waals surface area contributed by atoms with E-state index < -0.39 is 23.7 Å². The summed E-state index contributed by atoms with van der Waals surface area (Å²) >= 11 is 0. The van der Waals surface area contributed by atoms with Crippen molar-refractivity contribution in [1.82, 2.24) is 16.1 Å². The van der Waals surface area contributed by atoms with Crippen molar-refractivity contribution in [3.63, 3.8) is 0 Å². The molecule has 0 radical (unpaired) electrons. The monoisotopic (exact) mass is 464 g/mol. The maximum absolute atomic E-state index is 13.5. The Labute approximate surface area is 190 Å². The highest BCUT2D eigenvalue weighted by Crippen LogP contribution is 2.34. The van der Waals surface area contributed by atoms with Crippen LogP contribution in [-0.2, 0) is 6.18 Å². The lowest BCUT2D eigenvalue weighted by Gasteiger charge is -2.24. The highest BCUT2D eigenvalue weighted by Gasteiger charge is 2.32. The van der Waals surface area contributed by atoms with Gasteiger partial charge in [0.2, 0.25) is 0 Å². The van der Waals surface area contributed by atoms with Crippen molar-refractivity contribution in [2.75, 3.05) is 18.3 Å². The maximum Gasteiger partial charge on any atom is 0.416 e. The molecule has 2 aliphatic rings. The smallest absolute Gasteiger partial charge is 0.388 e. The van der Waals surface area contributed by atoms with Crippen LogP contribution in [-0.4, -0.2) is 24.5 Å². The van der Waals surface area contributed by atoms with Crippen molar-refractivity contribution in [3.8, 4) is 0 Å². The van der Waals surface area contributed by atoms with Crippen molar-refractivity contribution in [2.45, 2.75) is 26.2 Å². The number of alkyl halides is 3. The minimum Gasteiger partial charge on any atom is -0.388 e. The largest absolute Gasteiger partial charge is 0.416 e. The van der Waals surface area contributed by atoms with Crippen LogP contribution in [0, 0.1) is 17.7 Å². The van der Waals surface area contributed by atoms with Crippen LogP contribution >= 0.6 is 0 Å². The lowest BCUT2D eigenvalue weighted by molar-refractivity contribution is -0.137. The molecule has 1 fully saturated rings. The van der Waals surface area contributed by atoms with Crippen LogP contribution in [0.25, 0.3) is 5.70 Å². The van der Waals surface area contributed by atoms with Gasteiger partial charge in [-0.3, -0.25) is 10.3 Å². The minimum atomic E-state index is -4.46. The van der Waals surface area contributed by atoms with Gasteiger partial charge < -0.3 is 10.4 Å². The summed E-state index contributed by atoms with van der Waals surface area (Å²) in [4.78, 5) is 0. The van der Waals surface area contributed by atoms with Gasteiger partial charge in [0.05, 0.1) is 29.8 Å². The Bertz CT molecular complexity index is 1010. The first-order chi connectivity index (χ1) is 15.6. The van der Waals surface area contributed by atoms with Crippen LogP contribution in [0.5, 0.6) is 0 Å². The van der Waals surface area contributed by atoms with E-state index in [0.29, 0.717) is 22.9 Å². The third kappa shape index (κ3) is 6.13. The first-order valence-corrected chi connectivity index (χ1v) is 10.6. The van der Waals surface area contributed by atoms with Crippen molar-refractivity contribution in [2.24, 2.45) is 11.8 Å². The minimum absolute atomic E-state index is 0.314. The van der Waals surface area contributed by atoms with E-state index in [0.717, 1.165) is 24.6 Å². The number of hydrogen-bond donors (Lipinski definition) is 4. The van der Waals surface area contributed by atoms with E-state index in [1.54, 1.807) is 12.1 Å². The topological polar surface area (TPSA) is 59.6 Å². The molecule has 0 saturated carbocycles. The van der Waals surface area contributed by atoms with Gasteiger partial charge in [-0.25, -0.2) is 9.82 Å². The fourth-order valence-corrected chi connectivity index (χ4v) is 3.56. The van der Waals surface area contributed by atoms with Crippen LogP contribution in [0.4, 0.5) is 23.2 Å². The number of aliphatic hydroxyl groups excluding tert-OH is 1. The quantitative estimate of drug-likeness (QED) is 0.398. The van der Waals surface area contributed by atoms with E-state index in [9.17, 15) is 17.6 Å². The highest BCUT2D eigenvalue weighted by molar-refractivity contribution is 5.81. The van der Waals surface area contributed by atoms with Crippen molar-refractivity contribution >= 4 is 11.4 Å². The molecule has 178 valence electrons. The molecule has 0 amide bonds. The third-order valence-corrected chi connectivity index (χ3v) is 5.75. The number of rotatable bonds is 4. The molecule has 0 bridgehead atoms. The Morgan fingerprint density at radius 1 is 1.15 bits per heavy atom. The Hall–Kier alpha value is -2.88. The van der Waals surface area contributed by atoms with Crippen LogP contribution in [0.2, 0.25) is 0 Å². The SMILES string of the molecule is C=C1NC[C@H](C)C1C.OCNC1C=C(c2cccc(C(F)(F)F)c2)N(c2cccc(F)c2)N1. The second-order valence-electron chi connectivity index (χ2n) is 8.09. The number of benzene rings is 2. The normalized spacial score (nSPS) is 22.5. The molecule has 9 heteroatoms. The number of aliphatic hydroxyl groups is 1. The third-order valence-electron chi connectivity index (χ3n) is 5.75. The number of hydrazine groups is 1. The molecule has 1 saturated heterocycles. The second kappa shape index (κ2) is 10.4. The van der Waals surface area contributed by atoms with E-state index >= 15 is 0 Å². The van der Waals surface area contributed by atoms with E-state index in [1.165, 1.54) is 41.0 Å². The lowest BCUT2D eigenvalue weighted by Crippen LogP contribution is -2.45. The molecule has 2 aliphatic heterocycles. The first-order valence-electron chi connectivity index (χ1n) is 10.6. The highest BCUT2D eigenvalue weighted by atomic mass is 19.4. The Balaban J connectivity index is 0.000000323. The Morgan fingerprint density at radius 3 is 2.42 bits per heavy atom. The van der Waals surface area contributed by atoms with Crippen molar-refractivity contribution in [1.29, 1.82) is 0 Å². The molecule has 2 aromatic carbocycles. The summed E-state index contributed by atoms with van der Waals surface area (Å²) in [6.07, 6.45) is -3.36. The Kier molecular flexibility index (Phi) is 7.78. The van der Waals surface area contributed by atoms with Gasteiger partial charge in [0.15, 0.2) is 0 Å². The average Bonchev–Trinajstić information content (AvgIpc) is 3.33. The van der Waals surface area contributed by atoms with Gasteiger partial charge in [0.25, 0.3) is 0 Å². The summed E-state index contributed by atoms with van der Waals surface area (Å²) in [5, 5.41) is 16.4. The number of hydrogen-bond acceptors (Lipinski definition) is 5. The standard InChI is InChI=1S/C17H15F4N3O.C7H13N/c18-13-5-2-6-14(8-13)24-15(9-16(23-24)22-10-25)11-3-1-4-12(7-11)17(19,20)21;1-5-4-8-7(3)6(5)2/h1-9,16,22-23,25H,10H2;5-6,8H,3-4H2,1-2H3/t;5-,6?/m.0/s1. The zero-order chi connectivity index (χ0) is 24.2. The van der Waals surface area contributed by atoms with Crippen molar-refractivity contribution < 1.29 is 22.7 Å². The molecule has 4 N–H and O–H groups in total. The molecule has 0 spiro atoms. The molecule has 2 heterocycles. The summed E-state index contributed by atoms with van der Waals surface area (Å²) in [6.45, 7) is 9.11. The van der Waals surface area contributed by atoms with Gasteiger partial charge in [0, 0.05) is 17.8 Å². The molecule has 0 aliphatic carbocycles. The van der Waals surface area contributed by atoms with E-state index in [-0.39, 0.29) is 6.73 Å². The summed E-state index contributed by atoms with van der Waals surface area (Å²) in [6, 6.07) is 10.5. The van der Waals surface area contributed by atoms with E-state index in [2.05, 4.69) is 36.5 Å². The molecule has 5 nitrogen and oxygen atoms in total. The number of nitrogens with zero attached hydrogens (tertiary/aromatic N) is 1. The molecule has 0 aromatic heterocycles. The fourth-order valence-electron chi connectivity index (χ4n) is 3.56. The summed E-state index contributed by atoms with van der Waals surface area (Å²) in [7, 11) is 0. The van der Waals surface area contributed by atoms with E-state index in [4.69, 9.17) is 5.11 Å². The number of anilines is 1. The van der Waals surface area contributed by atoms with Crippen LogP contribution in [0.1, 0.15) is 25.0 Å². The summed E-state index contributed by atoms with van der Waals surface area (Å²) in [5.74, 6) is 0.985. The number of halogens is 4. The van der Waals surface area contributed by atoms with Gasteiger partial charge >= 0.3 is 6.18 Å². The maximum atomic E-state index is 13.5. The summed E-state index contributed by atoms with van der Waals surface area (Å²) < 4.78 is 52.5. The molecule has 4 rings (SSSR count). The molecular weight excluding hydrogens is 436 g/mol. The van der Waals surface area contributed by atoms with Crippen LogP contribution in [0.3, 0.4) is 0 Å². The van der Waals surface area contributed by atoms with Gasteiger partial charge in [-0.1, -0.05) is 38.6 Å². The predicted molar refractivity (Wildman–Crippen MR) is 121 cm³/mol. The number of nitrogens with one attached hydrogen (secondary N) is 3. The first kappa shape index (κ1) is 24.8. The zero-order valence-electron chi connectivity index (χ0n) is 18.5.